The number of nitrogens with zero attached hydrogens (tertiary/aromatic N) is 2. The maximum atomic E-state index is 4.60. The third kappa shape index (κ3) is 2.21. The number of fused-ring (bicyclic) bond motifs is 1. The maximum absolute atomic E-state index is 4.60. The molecular weight excluding hydrogens is 298 g/mol. The minimum atomic E-state index is 0.836. The third-order valence-electron chi connectivity index (χ3n) is 2.80. The standard InChI is InChI=1S/C12H12BrN3S/c1-7-5-8(13)11(14-6-7)16-12-15-9-3-2-4-10(9)17-12/h5-6H,2-4H2,1H3,(H,14,15,16). The van der Waals surface area contributed by atoms with Crippen molar-refractivity contribution in [3.8, 4) is 0 Å². The molecule has 3 rings (SSSR count). The summed E-state index contributed by atoms with van der Waals surface area (Å²) in [6.45, 7) is 2.03. The molecule has 0 unspecified atom stereocenters. The van der Waals surface area contributed by atoms with Crippen LogP contribution in [-0.2, 0) is 12.8 Å². The van der Waals surface area contributed by atoms with Crippen LogP contribution in [0.4, 0.5) is 10.9 Å². The highest BCUT2D eigenvalue weighted by Crippen LogP contribution is 2.33. The van der Waals surface area contributed by atoms with Crippen LogP contribution in [0.2, 0.25) is 0 Å². The number of thiazole rings is 1. The average molecular weight is 310 g/mol. The van der Waals surface area contributed by atoms with Gasteiger partial charge in [0, 0.05) is 11.1 Å². The molecule has 2 aromatic heterocycles. The molecule has 0 saturated heterocycles. The number of hydrogen-bond acceptors (Lipinski definition) is 4. The minimum Gasteiger partial charge on any atom is -0.315 e. The third-order valence-corrected chi connectivity index (χ3v) is 4.48. The molecule has 0 bridgehead atoms. The number of hydrogen-bond donors (Lipinski definition) is 1. The summed E-state index contributed by atoms with van der Waals surface area (Å²) in [4.78, 5) is 10.4. The van der Waals surface area contributed by atoms with Crippen molar-refractivity contribution in [2.75, 3.05) is 5.32 Å². The van der Waals surface area contributed by atoms with Crippen molar-refractivity contribution in [3.63, 3.8) is 0 Å². The first kappa shape index (κ1) is 11.2. The minimum absolute atomic E-state index is 0.836. The van der Waals surface area contributed by atoms with Gasteiger partial charge in [-0.3, -0.25) is 0 Å². The molecule has 1 aliphatic carbocycles. The van der Waals surface area contributed by atoms with Crippen LogP contribution in [0.15, 0.2) is 16.7 Å². The summed E-state index contributed by atoms with van der Waals surface area (Å²) in [5, 5.41) is 4.23. The topological polar surface area (TPSA) is 37.8 Å². The van der Waals surface area contributed by atoms with Gasteiger partial charge in [0.2, 0.25) is 0 Å². The molecule has 0 fully saturated rings. The summed E-state index contributed by atoms with van der Waals surface area (Å²) < 4.78 is 0.979. The molecule has 0 aliphatic heterocycles. The monoisotopic (exact) mass is 309 g/mol. The largest absolute Gasteiger partial charge is 0.315 e. The first-order valence-electron chi connectivity index (χ1n) is 5.60. The second-order valence-corrected chi connectivity index (χ2v) is 6.15. The fourth-order valence-corrected chi connectivity index (χ4v) is 3.58. The van der Waals surface area contributed by atoms with Crippen molar-refractivity contribution >= 4 is 38.2 Å². The van der Waals surface area contributed by atoms with Crippen LogP contribution in [-0.4, -0.2) is 9.97 Å². The van der Waals surface area contributed by atoms with E-state index in [1.165, 1.54) is 23.4 Å². The molecule has 3 nitrogen and oxygen atoms in total. The van der Waals surface area contributed by atoms with E-state index >= 15 is 0 Å². The highest BCUT2D eigenvalue weighted by Gasteiger charge is 2.17. The Kier molecular flexibility index (Phi) is 2.88. The predicted molar refractivity (Wildman–Crippen MR) is 74.1 cm³/mol. The Hall–Kier alpha value is -0.940. The molecule has 0 spiro atoms. The van der Waals surface area contributed by atoms with Crippen LogP contribution < -0.4 is 5.32 Å². The van der Waals surface area contributed by atoms with E-state index in [1.54, 1.807) is 11.3 Å². The summed E-state index contributed by atoms with van der Waals surface area (Å²) >= 11 is 5.26. The van der Waals surface area contributed by atoms with E-state index in [4.69, 9.17) is 0 Å². The second-order valence-electron chi connectivity index (χ2n) is 4.21. The van der Waals surface area contributed by atoms with Gasteiger partial charge in [0.05, 0.1) is 10.2 Å². The van der Waals surface area contributed by atoms with Crippen molar-refractivity contribution in [2.24, 2.45) is 0 Å². The summed E-state index contributed by atoms with van der Waals surface area (Å²) in [7, 11) is 0. The molecule has 17 heavy (non-hydrogen) atoms. The summed E-state index contributed by atoms with van der Waals surface area (Å²) in [6.07, 6.45) is 5.41. The molecule has 88 valence electrons. The van der Waals surface area contributed by atoms with E-state index in [-0.39, 0.29) is 0 Å². The number of pyridine rings is 1. The lowest BCUT2D eigenvalue weighted by atomic mass is 10.3. The molecule has 5 heteroatoms. The summed E-state index contributed by atoms with van der Waals surface area (Å²) in [5.41, 5.74) is 2.41. The van der Waals surface area contributed by atoms with E-state index in [1.807, 2.05) is 13.1 Å². The van der Waals surface area contributed by atoms with Gasteiger partial charge in [0.25, 0.3) is 0 Å². The van der Waals surface area contributed by atoms with Crippen molar-refractivity contribution < 1.29 is 0 Å². The highest BCUT2D eigenvalue weighted by molar-refractivity contribution is 9.10. The van der Waals surface area contributed by atoms with Crippen LogP contribution in [0.3, 0.4) is 0 Å². The highest BCUT2D eigenvalue weighted by atomic mass is 79.9. The molecule has 0 saturated carbocycles. The van der Waals surface area contributed by atoms with E-state index in [0.29, 0.717) is 0 Å². The Balaban J connectivity index is 1.86. The first-order chi connectivity index (χ1) is 8.22. The van der Waals surface area contributed by atoms with E-state index < -0.39 is 0 Å². The van der Waals surface area contributed by atoms with Crippen molar-refractivity contribution in [2.45, 2.75) is 26.2 Å². The fraction of sp³-hybridized carbons (Fsp3) is 0.333. The molecule has 0 atom stereocenters. The van der Waals surface area contributed by atoms with E-state index in [0.717, 1.165) is 27.4 Å². The normalized spacial score (nSPS) is 13.8. The first-order valence-corrected chi connectivity index (χ1v) is 7.21. The van der Waals surface area contributed by atoms with Crippen LogP contribution >= 0.6 is 27.3 Å². The van der Waals surface area contributed by atoms with Crippen LogP contribution in [0, 0.1) is 6.92 Å². The van der Waals surface area contributed by atoms with Crippen molar-refractivity contribution in [1.29, 1.82) is 0 Å². The zero-order valence-electron chi connectivity index (χ0n) is 9.46. The van der Waals surface area contributed by atoms with E-state index in [2.05, 4.69) is 37.3 Å². The lowest BCUT2D eigenvalue weighted by Gasteiger charge is -2.04. The number of nitrogens with one attached hydrogen (secondary N) is 1. The van der Waals surface area contributed by atoms with Gasteiger partial charge in [0.1, 0.15) is 5.82 Å². The molecule has 0 amide bonds. The van der Waals surface area contributed by atoms with Gasteiger partial charge in [-0.1, -0.05) is 0 Å². The van der Waals surface area contributed by atoms with Gasteiger partial charge < -0.3 is 5.32 Å². The second kappa shape index (κ2) is 4.38. The molecule has 2 heterocycles. The van der Waals surface area contributed by atoms with Crippen LogP contribution in [0.5, 0.6) is 0 Å². The van der Waals surface area contributed by atoms with Gasteiger partial charge in [0.15, 0.2) is 5.13 Å². The molecule has 1 N–H and O–H groups in total. The SMILES string of the molecule is Cc1cnc(Nc2nc3c(s2)CCC3)c(Br)c1. The van der Waals surface area contributed by atoms with Gasteiger partial charge in [-0.2, -0.15) is 0 Å². The predicted octanol–water partition coefficient (Wildman–Crippen LogP) is 3.84. The zero-order chi connectivity index (χ0) is 11.8. The molecule has 0 aromatic carbocycles. The van der Waals surface area contributed by atoms with Gasteiger partial charge in [-0.15, -0.1) is 11.3 Å². The van der Waals surface area contributed by atoms with Crippen LogP contribution in [0.1, 0.15) is 22.6 Å². The van der Waals surface area contributed by atoms with Crippen LogP contribution in [0.25, 0.3) is 0 Å². The summed E-state index contributed by atoms with van der Waals surface area (Å²) in [5.74, 6) is 0.836. The Morgan fingerprint density at radius 3 is 3.06 bits per heavy atom. The number of aryl methyl sites for hydroxylation is 3. The van der Waals surface area contributed by atoms with Crippen molar-refractivity contribution in [1.82, 2.24) is 9.97 Å². The average Bonchev–Trinajstić information content (AvgIpc) is 2.82. The fourth-order valence-electron chi connectivity index (χ4n) is 1.97. The maximum Gasteiger partial charge on any atom is 0.188 e. The Morgan fingerprint density at radius 1 is 1.41 bits per heavy atom. The van der Waals surface area contributed by atoms with Gasteiger partial charge >= 0.3 is 0 Å². The van der Waals surface area contributed by atoms with E-state index in [9.17, 15) is 0 Å². The zero-order valence-corrected chi connectivity index (χ0v) is 11.9. The number of aromatic nitrogens is 2. The Bertz CT molecular complexity index is 543. The molecular formula is C12H12BrN3S. The lowest BCUT2D eigenvalue weighted by molar-refractivity contribution is 0.900. The quantitative estimate of drug-likeness (QED) is 0.916. The molecule has 0 radical (unpaired) electrons. The number of rotatable bonds is 2. The molecule has 2 aromatic rings. The number of halogens is 1. The van der Waals surface area contributed by atoms with Gasteiger partial charge in [-0.05, 0) is 53.7 Å². The Morgan fingerprint density at radius 2 is 2.29 bits per heavy atom. The lowest BCUT2D eigenvalue weighted by Crippen LogP contribution is -1.95. The van der Waals surface area contributed by atoms with Gasteiger partial charge in [-0.25, -0.2) is 9.97 Å². The Labute approximate surface area is 112 Å². The number of anilines is 2. The molecule has 1 aliphatic rings. The summed E-state index contributed by atoms with van der Waals surface area (Å²) in [6, 6.07) is 2.05. The smallest absolute Gasteiger partial charge is 0.188 e. The van der Waals surface area contributed by atoms with Crippen molar-refractivity contribution in [3.05, 3.63) is 32.9 Å².